The van der Waals surface area contributed by atoms with E-state index in [1.54, 1.807) is 19.1 Å². The van der Waals surface area contributed by atoms with Crippen LogP contribution in [0.5, 0.6) is 0 Å². The lowest BCUT2D eigenvalue weighted by molar-refractivity contribution is -0.135. The summed E-state index contributed by atoms with van der Waals surface area (Å²) in [6.45, 7) is 4.51. The van der Waals surface area contributed by atoms with Crippen LogP contribution in [0.15, 0.2) is 36.4 Å². The number of likely N-dealkylation sites (N-methyl/N-ethyl adjacent to an activating group) is 1. The molecular formula is C26H32F3N3O2. The number of carbonyl (C=O) groups is 2. The number of likely N-dealkylation sites (tertiary alicyclic amines) is 1. The SMILES string of the molecule is CC(=O)c1ccc2n1CCN(C)C21CCN(C(=O)c2ccc(CCCCC(F)(F)F)cc2)CC1. The summed E-state index contributed by atoms with van der Waals surface area (Å²) in [4.78, 5) is 29.4. The van der Waals surface area contributed by atoms with Crippen molar-refractivity contribution in [2.24, 2.45) is 0 Å². The van der Waals surface area contributed by atoms with Crippen LogP contribution in [-0.2, 0) is 18.5 Å². The molecule has 1 aromatic carbocycles. The number of rotatable bonds is 6. The number of aromatic nitrogens is 1. The van der Waals surface area contributed by atoms with E-state index in [0.29, 0.717) is 31.5 Å². The molecule has 2 aliphatic heterocycles. The Morgan fingerprint density at radius 2 is 1.62 bits per heavy atom. The van der Waals surface area contributed by atoms with Crippen molar-refractivity contribution in [1.29, 1.82) is 0 Å². The predicted molar refractivity (Wildman–Crippen MR) is 124 cm³/mol. The average molecular weight is 476 g/mol. The molecule has 1 fully saturated rings. The van der Waals surface area contributed by atoms with E-state index in [-0.39, 0.29) is 23.7 Å². The molecule has 2 aromatic rings. The highest BCUT2D eigenvalue weighted by molar-refractivity contribution is 5.94. The zero-order valence-corrected chi connectivity index (χ0v) is 19.8. The largest absolute Gasteiger partial charge is 0.389 e. The number of carbonyl (C=O) groups excluding carboxylic acids is 2. The number of ketones is 1. The third kappa shape index (κ3) is 4.92. The second kappa shape index (κ2) is 9.56. The number of hydrogen-bond acceptors (Lipinski definition) is 3. The molecule has 184 valence electrons. The number of aryl methyl sites for hydroxylation is 1. The van der Waals surface area contributed by atoms with Crippen LogP contribution < -0.4 is 0 Å². The summed E-state index contributed by atoms with van der Waals surface area (Å²) in [6, 6.07) is 11.2. The molecule has 3 heterocycles. The van der Waals surface area contributed by atoms with Gasteiger partial charge in [0.15, 0.2) is 5.78 Å². The van der Waals surface area contributed by atoms with Gasteiger partial charge in [0.05, 0.1) is 11.2 Å². The molecule has 0 unspecified atom stereocenters. The number of piperidine rings is 1. The fraction of sp³-hybridized carbons (Fsp3) is 0.538. The maximum Gasteiger partial charge on any atom is 0.389 e. The summed E-state index contributed by atoms with van der Waals surface area (Å²) in [7, 11) is 2.12. The van der Waals surface area contributed by atoms with E-state index >= 15 is 0 Å². The lowest BCUT2D eigenvalue weighted by Crippen LogP contribution is -2.56. The number of hydrogen-bond donors (Lipinski definition) is 0. The number of nitrogens with zero attached hydrogens (tertiary/aromatic N) is 3. The highest BCUT2D eigenvalue weighted by Crippen LogP contribution is 2.41. The van der Waals surface area contributed by atoms with Crippen LogP contribution in [0.3, 0.4) is 0 Å². The maximum atomic E-state index is 13.1. The van der Waals surface area contributed by atoms with E-state index in [9.17, 15) is 22.8 Å². The molecule has 1 aromatic heterocycles. The summed E-state index contributed by atoms with van der Waals surface area (Å²) in [5.74, 6) is 0.0547. The Hall–Kier alpha value is -2.61. The number of alkyl halides is 3. The van der Waals surface area contributed by atoms with E-state index in [4.69, 9.17) is 0 Å². The molecule has 5 nitrogen and oxygen atoms in total. The molecule has 0 N–H and O–H groups in total. The summed E-state index contributed by atoms with van der Waals surface area (Å²) < 4.78 is 39.0. The van der Waals surface area contributed by atoms with Gasteiger partial charge in [-0.1, -0.05) is 12.1 Å². The first-order valence-electron chi connectivity index (χ1n) is 12.0. The molecule has 0 bridgehead atoms. The maximum absolute atomic E-state index is 13.1. The van der Waals surface area contributed by atoms with Gasteiger partial charge in [-0.3, -0.25) is 14.5 Å². The van der Waals surface area contributed by atoms with E-state index < -0.39 is 12.6 Å². The average Bonchev–Trinajstić information content (AvgIpc) is 3.25. The summed E-state index contributed by atoms with van der Waals surface area (Å²) in [5, 5.41) is 0. The summed E-state index contributed by atoms with van der Waals surface area (Å²) in [6.07, 6.45) is -2.09. The molecule has 0 radical (unpaired) electrons. The van der Waals surface area contributed by atoms with Gasteiger partial charge < -0.3 is 9.47 Å². The molecule has 1 spiro atoms. The van der Waals surface area contributed by atoms with Crippen LogP contribution in [0.2, 0.25) is 0 Å². The first-order chi connectivity index (χ1) is 16.1. The third-order valence-corrected chi connectivity index (χ3v) is 7.46. The second-order valence-electron chi connectivity index (χ2n) is 9.58. The van der Waals surface area contributed by atoms with Gasteiger partial charge in [-0.2, -0.15) is 13.2 Å². The minimum absolute atomic E-state index is 0.0169. The Bertz CT molecular complexity index is 1030. The lowest BCUT2D eigenvalue weighted by Gasteiger charge is -2.50. The molecule has 34 heavy (non-hydrogen) atoms. The molecule has 8 heteroatoms. The van der Waals surface area contributed by atoms with Crippen molar-refractivity contribution in [3.05, 3.63) is 58.9 Å². The summed E-state index contributed by atoms with van der Waals surface area (Å²) in [5.41, 5.74) is 3.28. The van der Waals surface area contributed by atoms with Crippen molar-refractivity contribution < 1.29 is 22.8 Å². The monoisotopic (exact) mass is 475 g/mol. The minimum atomic E-state index is -4.10. The fourth-order valence-corrected chi connectivity index (χ4v) is 5.45. The van der Waals surface area contributed by atoms with Gasteiger partial charge in [-0.15, -0.1) is 0 Å². The number of amides is 1. The van der Waals surface area contributed by atoms with E-state index in [2.05, 4.69) is 22.6 Å². The van der Waals surface area contributed by atoms with Gasteiger partial charge in [-0.05, 0) is 69.0 Å². The number of unbranched alkanes of at least 4 members (excludes halogenated alkanes) is 1. The topological polar surface area (TPSA) is 45.6 Å². The Morgan fingerprint density at radius 1 is 0.941 bits per heavy atom. The quantitative estimate of drug-likeness (QED) is 0.434. The first-order valence-corrected chi connectivity index (χ1v) is 12.0. The van der Waals surface area contributed by atoms with Gasteiger partial charge in [0.2, 0.25) is 0 Å². The molecule has 4 rings (SSSR count). The Balaban J connectivity index is 1.37. The van der Waals surface area contributed by atoms with Crippen LogP contribution in [-0.4, -0.2) is 58.9 Å². The van der Waals surface area contributed by atoms with Crippen molar-refractivity contribution in [1.82, 2.24) is 14.4 Å². The standard InChI is InChI=1S/C26H32F3N3O2/c1-19(33)22-10-11-23-25(30(2)17-18-32(22)23)13-15-31(16-14-25)24(34)21-8-6-20(7-9-21)5-3-4-12-26(27,28)29/h6-11H,3-5,12-18H2,1-2H3. The second-order valence-corrected chi connectivity index (χ2v) is 9.58. The number of fused-ring (bicyclic) bond motifs is 2. The van der Waals surface area contributed by atoms with Gasteiger partial charge >= 0.3 is 6.18 Å². The highest BCUT2D eigenvalue weighted by atomic mass is 19.4. The van der Waals surface area contributed by atoms with Crippen LogP contribution >= 0.6 is 0 Å². The van der Waals surface area contributed by atoms with Gasteiger partial charge in [0, 0.05) is 50.8 Å². The van der Waals surface area contributed by atoms with Crippen molar-refractivity contribution >= 4 is 11.7 Å². The van der Waals surface area contributed by atoms with E-state index in [1.165, 1.54) is 0 Å². The smallest absolute Gasteiger partial charge is 0.339 e. The zero-order valence-electron chi connectivity index (χ0n) is 19.8. The normalized spacial score (nSPS) is 18.2. The van der Waals surface area contributed by atoms with E-state index in [1.807, 2.05) is 23.1 Å². The minimum Gasteiger partial charge on any atom is -0.339 e. The van der Waals surface area contributed by atoms with Crippen molar-refractivity contribution in [3.8, 4) is 0 Å². The molecule has 2 aliphatic rings. The molecular weight excluding hydrogens is 443 g/mol. The van der Waals surface area contributed by atoms with Gasteiger partial charge in [0.25, 0.3) is 5.91 Å². The Morgan fingerprint density at radius 3 is 2.24 bits per heavy atom. The molecule has 1 amide bonds. The Labute approximate surface area is 198 Å². The van der Waals surface area contributed by atoms with Crippen LogP contribution in [0.25, 0.3) is 0 Å². The van der Waals surface area contributed by atoms with Crippen molar-refractivity contribution in [2.75, 3.05) is 26.7 Å². The van der Waals surface area contributed by atoms with E-state index in [0.717, 1.165) is 42.9 Å². The zero-order chi connectivity index (χ0) is 24.5. The molecule has 0 atom stereocenters. The number of halogens is 3. The first kappa shape index (κ1) is 24.5. The van der Waals surface area contributed by atoms with Crippen LogP contribution in [0.4, 0.5) is 13.2 Å². The van der Waals surface area contributed by atoms with Crippen molar-refractivity contribution in [2.45, 2.75) is 63.7 Å². The number of Topliss-reactive ketones (excluding diaryl/α,β-unsaturated/α-hetero) is 1. The Kier molecular flexibility index (Phi) is 6.90. The van der Waals surface area contributed by atoms with Gasteiger partial charge in [0.1, 0.15) is 0 Å². The fourth-order valence-electron chi connectivity index (χ4n) is 5.45. The van der Waals surface area contributed by atoms with Crippen LogP contribution in [0, 0.1) is 0 Å². The predicted octanol–water partition coefficient (Wildman–Crippen LogP) is 5.04. The lowest BCUT2D eigenvalue weighted by atomic mass is 9.81. The number of benzene rings is 1. The molecule has 1 saturated heterocycles. The highest BCUT2D eigenvalue weighted by Gasteiger charge is 2.45. The summed E-state index contributed by atoms with van der Waals surface area (Å²) >= 11 is 0. The molecule has 0 saturated carbocycles. The third-order valence-electron chi connectivity index (χ3n) is 7.46. The van der Waals surface area contributed by atoms with Crippen molar-refractivity contribution in [3.63, 3.8) is 0 Å². The van der Waals surface area contributed by atoms with Crippen LogP contribution in [0.1, 0.15) is 71.1 Å². The van der Waals surface area contributed by atoms with Gasteiger partial charge in [-0.25, -0.2) is 0 Å². The molecule has 0 aliphatic carbocycles.